The Kier molecular flexibility index (Phi) is 20.5. The predicted molar refractivity (Wildman–Crippen MR) is 331 cm³/mol. The molecule has 4 aliphatic heterocycles. The Hall–Kier alpha value is -10.4. The van der Waals surface area contributed by atoms with E-state index in [1.807, 2.05) is 90.6 Å². The number of rotatable bonds is 22. The van der Waals surface area contributed by atoms with Crippen LogP contribution < -0.4 is 59.2 Å². The maximum atomic E-state index is 12.5. The molecule has 6 heterocycles. The summed E-state index contributed by atoms with van der Waals surface area (Å²) in [6.45, 7) is 23.0. The number of benzene rings is 4. The molecule has 0 spiro atoms. The van der Waals surface area contributed by atoms with Crippen LogP contribution in [0.4, 0.5) is 40.1 Å². The van der Waals surface area contributed by atoms with Crippen molar-refractivity contribution in [1.29, 1.82) is 0 Å². The second-order valence-corrected chi connectivity index (χ2v) is 21.1. The number of hydrogen-bond acceptors (Lipinski definition) is 18. The minimum absolute atomic E-state index is 0.111. The molecule has 0 atom stereocenters. The Morgan fingerprint density at radius 2 is 1.20 bits per heavy atom. The van der Waals surface area contributed by atoms with Crippen LogP contribution in [0.25, 0.3) is 35.7 Å². The molecule has 24 heteroatoms. The quantitative estimate of drug-likeness (QED) is 0.0133. The fourth-order valence-electron chi connectivity index (χ4n) is 9.76. The molecule has 0 fully saturated rings. The van der Waals surface area contributed by atoms with E-state index in [-0.39, 0.29) is 58.2 Å². The number of carboxylic acids is 2. The van der Waals surface area contributed by atoms with Crippen molar-refractivity contribution < 1.29 is 34.1 Å². The first-order chi connectivity index (χ1) is 41.6. The lowest BCUT2D eigenvalue weighted by molar-refractivity contribution is -0.153. The molecule has 0 amide bonds. The summed E-state index contributed by atoms with van der Waals surface area (Å²) in [6, 6.07) is 22.2. The van der Waals surface area contributed by atoms with Gasteiger partial charge in [-0.15, -0.1) is 0 Å². The van der Waals surface area contributed by atoms with E-state index in [0.29, 0.717) is 79.2 Å². The van der Waals surface area contributed by atoms with E-state index in [9.17, 15) is 33.6 Å². The third kappa shape index (κ3) is 15.9. The number of allylic oxidation sites excluding steroid dienone is 1. The molecular formula is C63H69N13O11. The van der Waals surface area contributed by atoms with Gasteiger partial charge in [0.1, 0.15) is 11.0 Å². The molecule has 4 aliphatic rings. The smallest absolute Gasteiger partial charge is 0.349 e. The average molecular weight is 1180 g/mol. The zero-order valence-electron chi connectivity index (χ0n) is 49.2. The zero-order chi connectivity index (χ0) is 62.5. The minimum atomic E-state index is -0.960. The fourth-order valence-corrected chi connectivity index (χ4v) is 9.76. The maximum Gasteiger partial charge on any atom is 0.349 e. The number of nitrogens with one attached hydrogen (secondary N) is 4. The number of ether oxygens (including phenoxy) is 2. The van der Waals surface area contributed by atoms with Gasteiger partial charge in [-0.2, -0.15) is 4.98 Å². The number of hydrogen-bond donors (Lipinski definition) is 6. The molecule has 0 saturated heterocycles. The van der Waals surface area contributed by atoms with Crippen molar-refractivity contribution in [3.8, 4) is 11.5 Å². The van der Waals surface area contributed by atoms with Gasteiger partial charge in [0.15, 0.2) is 33.9 Å². The molecule has 0 aliphatic carbocycles. The number of aromatic amines is 3. The number of aryl methyl sites for hydroxylation is 5. The number of unbranched alkanes of at least 4 members (excludes halogenated alkanes) is 6. The number of aromatic carboxylic acids is 1. The van der Waals surface area contributed by atoms with Crippen LogP contribution >= 0.6 is 0 Å². The molecule has 0 saturated carbocycles. The van der Waals surface area contributed by atoms with E-state index < -0.39 is 23.2 Å². The van der Waals surface area contributed by atoms with Crippen LogP contribution in [-0.2, 0) is 25.6 Å². The number of fused-ring (bicyclic) bond motifs is 6. The van der Waals surface area contributed by atoms with Crippen LogP contribution in [0.5, 0.6) is 0 Å². The number of carbonyl (C=O) groups excluding carboxylic acids is 1. The third-order valence-electron chi connectivity index (χ3n) is 14.5. The van der Waals surface area contributed by atoms with Crippen molar-refractivity contribution in [2.24, 2.45) is 9.98 Å². The first kappa shape index (κ1) is 62.7. The molecule has 452 valence electrons. The van der Waals surface area contributed by atoms with E-state index in [0.717, 1.165) is 94.7 Å². The average Bonchev–Trinajstić information content (AvgIpc) is 1.12. The molecular weight excluding hydrogens is 1110 g/mol. The van der Waals surface area contributed by atoms with Crippen molar-refractivity contribution in [3.63, 3.8) is 0 Å². The molecule has 0 unspecified atom stereocenters. The highest BCUT2D eigenvalue weighted by Gasteiger charge is 2.25. The van der Waals surface area contributed by atoms with Crippen LogP contribution in [0.15, 0.2) is 114 Å². The number of nitrogens with zero attached hydrogens (tertiary/aromatic N) is 9. The summed E-state index contributed by atoms with van der Waals surface area (Å²) in [7, 11) is 0. The summed E-state index contributed by atoms with van der Waals surface area (Å²) in [5, 5.41) is 21.5. The first-order valence-electron chi connectivity index (χ1n) is 28.4. The molecule has 24 nitrogen and oxygen atoms in total. The van der Waals surface area contributed by atoms with Gasteiger partial charge in [0, 0.05) is 44.7 Å². The molecule has 4 aromatic carbocycles. The number of carbonyl (C=O) groups is 3. The second-order valence-electron chi connectivity index (χ2n) is 21.1. The molecule has 6 N–H and O–H groups in total. The van der Waals surface area contributed by atoms with E-state index in [1.54, 1.807) is 31.2 Å². The lowest BCUT2D eigenvalue weighted by Crippen LogP contribution is -2.43. The number of aromatic nitrogens is 8. The van der Waals surface area contributed by atoms with Crippen LogP contribution in [0, 0.1) is 27.7 Å². The summed E-state index contributed by atoms with van der Waals surface area (Å²) in [6.07, 6.45) is 7.06. The van der Waals surface area contributed by atoms with Gasteiger partial charge < -0.3 is 49.3 Å². The number of esters is 1. The van der Waals surface area contributed by atoms with Gasteiger partial charge in [-0.3, -0.25) is 29.0 Å². The normalized spacial score (nSPS) is 11.7. The number of H-pyrrole nitrogens is 3. The molecule has 10 rings (SSSR count). The van der Waals surface area contributed by atoms with Gasteiger partial charge in [-0.05, 0) is 143 Å². The van der Waals surface area contributed by atoms with Crippen molar-refractivity contribution >= 4 is 82.2 Å². The Morgan fingerprint density at radius 1 is 0.609 bits per heavy atom. The number of anilines is 5. The predicted octanol–water partition coefficient (Wildman–Crippen LogP) is 6.83. The van der Waals surface area contributed by atoms with Gasteiger partial charge in [-0.1, -0.05) is 57.6 Å². The fraction of sp³-hybridized carbons (Fsp3) is 0.317. The van der Waals surface area contributed by atoms with E-state index in [2.05, 4.69) is 69.9 Å². The summed E-state index contributed by atoms with van der Waals surface area (Å²) in [5.41, 5.74) is 9.09. The largest absolute Gasteiger partial charge is 0.481 e. The first-order valence-corrected chi connectivity index (χ1v) is 28.4. The molecule has 2 aromatic heterocycles. The molecule has 0 radical (unpaired) electrons. The highest BCUT2D eigenvalue weighted by Crippen LogP contribution is 2.37. The molecule has 6 aromatic rings. The number of para-hydroxylation sites is 2. The van der Waals surface area contributed by atoms with Crippen molar-refractivity contribution in [2.75, 3.05) is 41.5 Å². The summed E-state index contributed by atoms with van der Waals surface area (Å²) in [4.78, 5) is 120. The summed E-state index contributed by atoms with van der Waals surface area (Å²) < 4.78 is 11.9. The lowest BCUT2D eigenvalue weighted by atomic mass is 10.1. The highest BCUT2D eigenvalue weighted by atomic mass is 16.7. The van der Waals surface area contributed by atoms with Crippen LogP contribution in [-0.4, -0.2) is 94.0 Å². The Labute approximate surface area is 498 Å². The van der Waals surface area contributed by atoms with Crippen LogP contribution in [0.3, 0.4) is 0 Å². The minimum Gasteiger partial charge on any atom is -0.481 e. The van der Waals surface area contributed by atoms with Crippen LogP contribution in [0.1, 0.15) is 104 Å². The van der Waals surface area contributed by atoms with Gasteiger partial charge in [-0.25, -0.2) is 34.5 Å². The highest BCUT2D eigenvalue weighted by molar-refractivity contribution is 5.88. The van der Waals surface area contributed by atoms with Gasteiger partial charge >= 0.3 is 23.6 Å². The van der Waals surface area contributed by atoms with Gasteiger partial charge in [0.2, 0.25) is 6.79 Å². The van der Waals surface area contributed by atoms with Gasteiger partial charge in [0.05, 0.1) is 45.1 Å². The maximum absolute atomic E-state index is 12.5. The Balaban J connectivity index is 0.000000171. The molecule has 87 heavy (non-hydrogen) atoms. The Morgan fingerprint density at radius 3 is 1.85 bits per heavy atom. The van der Waals surface area contributed by atoms with E-state index in [4.69, 9.17) is 19.7 Å². The number of carboxylic acid groups (broad SMARTS) is 2. The second kappa shape index (κ2) is 28.5. The summed E-state index contributed by atoms with van der Waals surface area (Å²) >= 11 is 0. The van der Waals surface area contributed by atoms with E-state index >= 15 is 0 Å². The van der Waals surface area contributed by atoms with Crippen molar-refractivity contribution in [3.05, 3.63) is 176 Å². The zero-order valence-corrected chi connectivity index (χ0v) is 49.2. The van der Waals surface area contributed by atoms with Crippen molar-refractivity contribution in [2.45, 2.75) is 105 Å². The Bertz CT molecular complexity index is 4370. The SMILES string of the molecule is C=C(C)OCOC(=O)CCCCCCn1c2nc(=O)[nH]c(=O)c-2nc2cc(C)c(C)cc21.C=c1nc2c(c(=O)[nH]1)=Nc1cc(C)c(C)cc1N2CCNc1ccc(C(=O)O)cc1.C=c1nc2c(c(=O)[nH]1)=Nc1ccccc1N2CCCCCCC(=O)O. The topological polar surface area (TPSA) is 326 Å². The van der Waals surface area contributed by atoms with E-state index in [1.165, 1.54) is 0 Å². The number of aliphatic carboxylic acids is 1. The lowest BCUT2D eigenvalue weighted by Gasteiger charge is -2.28. The van der Waals surface area contributed by atoms with Crippen molar-refractivity contribution in [1.82, 2.24) is 39.5 Å². The van der Waals surface area contributed by atoms with Crippen LogP contribution in [0.2, 0.25) is 0 Å². The standard InChI is InChI=1S/C23H28N4O5.C22H21N5O3.C18H20N4O3/c1-14(2)31-13-32-19(28)9-7-5-6-8-10-27-18-12-16(4)15(3)11-17(18)24-20-21(27)25-23(30)26-22(20)29;1-12-10-17-18(11-13(12)2)27(20-19(26-17)21(28)25-14(3)24-20)9-8-23-16-6-4-15(5-7-16)22(29)30;1-12-19-17-16(18(25)20-12)21-13-8-5-6-9-14(13)22(17)11-7-3-2-4-10-15(23)24/h11-12H,1,5-10,13H2,2-4H3,(H,26,29,30);4-7,10-11,23H,3,8-9H2,1-2H3,(H,25,28)(H,29,30);5-6,8-9H,1-4,7,10-11H2,(H,20,25)(H,23,24). The van der Waals surface area contributed by atoms with Gasteiger partial charge in [0.25, 0.3) is 16.7 Å². The summed E-state index contributed by atoms with van der Waals surface area (Å²) in [5.74, 6) is -0.234. The third-order valence-corrected chi connectivity index (χ3v) is 14.5. The monoisotopic (exact) mass is 1180 g/mol. The molecule has 0 bridgehead atoms.